The topological polar surface area (TPSA) is 242 Å². The van der Waals surface area contributed by atoms with Crippen LogP contribution in [0.4, 0.5) is 0 Å². The summed E-state index contributed by atoms with van der Waals surface area (Å²) in [4.78, 5) is 24.3. The molecule has 0 spiro atoms. The van der Waals surface area contributed by atoms with E-state index in [-0.39, 0.29) is 11.5 Å². The highest BCUT2D eigenvalue weighted by Crippen LogP contribution is 2.36. The normalized spacial score (nSPS) is 31.8. The Kier molecular flexibility index (Phi) is 11.3. The van der Waals surface area contributed by atoms with Crippen LogP contribution in [0.3, 0.4) is 0 Å². The van der Waals surface area contributed by atoms with E-state index in [9.17, 15) is 50.4 Å². The molecular formula is C30H34O15. The molecule has 15 heteroatoms. The number of carbonyl (C=O) groups is 2. The molecule has 9 atom stereocenters. The van der Waals surface area contributed by atoms with Gasteiger partial charge in [0.05, 0.1) is 0 Å². The second kappa shape index (κ2) is 14.9. The van der Waals surface area contributed by atoms with Gasteiger partial charge in [-0.25, -0.2) is 9.59 Å². The van der Waals surface area contributed by atoms with Crippen LogP contribution in [0.5, 0.6) is 11.5 Å². The standard InChI is InChI=1S/C30H34O15/c31-15-30(28(40)25(37)21(44-30)14-42-23(35)12-6-17-3-9-19(33)10-4-17)45-29-27(39)26(38)24(36)20(43-29)13-41-22(34)11-5-16-1-7-18(32)8-2-16/h1-12,20-21,24-29,31-33,36-40H,13-15H2. The second-order valence-electron chi connectivity index (χ2n) is 10.3. The maximum Gasteiger partial charge on any atom is 0.330 e. The zero-order valence-electron chi connectivity index (χ0n) is 23.6. The zero-order chi connectivity index (χ0) is 32.7. The number of hydrogen-bond donors (Lipinski definition) is 8. The minimum atomic E-state index is -2.43. The fraction of sp³-hybridized carbons (Fsp3) is 0.400. The molecule has 0 radical (unpaired) electrons. The van der Waals surface area contributed by atoms with Gasteiger partial charge < -0.3 is 64.5 Å². The highest BCUT2D eigenvalue weighted by molar-refractivity contribution is 5.87. The number of phenolic OH excluding ortho intramolecular Hbond substituents is 2. The third-order valence-electron chi connectivity index (χ3n) is 7.10. The largest absolute Gasteiger partial charge is 0.508 e. The summed E-state index contributed by atoms with van der Waals surface area (Å²) in [6, 6.07) is 11.9. The highest BCUT2D eigenvalue weighted by Gasteiger charge is 2.58. The molecule has 0 aliphatic carbocycles. The van der Waals surface area contributed by atoms with Crippen LogP contribution in [0.15, 0.2) is 60.7 Å². The molecule has 8 N–H and O–H groups in total. The molecule has 2 aliphatic heterocycles. The van der Waals surface area contributed by atoms with E-state index in [1.165, 1.54) is 36.4 Å². The monoisotopic (exact) mass is 634 g/mol. The summed E-state index contributed by atoms with van der Waals surface area (Å²) in [6.07, 6.45) is -9.07. The summed E-state index contributed by atoms with van der Waals surface area (Å²) in [7, 11) is 0. The van der Waals surface area contributed by atoms with Crippen LogP contribution >= 0.6 is 0 Å². The van der Waals surface area contributed by atoms with Crippen molar-refractivity contribution in [3.05, 3.63) is 71.8 Å². The molecule has 2 saturated heterocycles. The average molecular weight is 635 g/mol. The number of phenols is 2. The number of aliphatic hydroxyl groups excluding tert-OH is 6. The molecule has 15 nitrogen and oxygen atoms in total. The maximum atomic E-state index is 12.2. The van der Waals surface area contributed by atoms with Gasteiger partial charge in [-0.05, 0) is 47.5 Å². The van der Waals surface area contributed by atoms with Crippen molar-refractivity contribution >= 4 is 24.1 Å². The molecule has 2 aromatic carbocycles. The van der Waals surface area contributed by atoms with Crippen molar-refractivity contribution in [2.45, 2.75) is 54.8 Å². The molecule has 2 aliphatic rings. The molecule has 4 rings (SSSR count). The van der Waals surface area contributed by atoms with E-state index in [0.29, 0.717) is 11.1 Å². The van der Waals surface area contributed by atoms with Crippen LogP contribution in [0.1, 0.15) is 11.1 Å². The Hall–Kier alpha value is -3.90. The van der Waals surface area contributed by atoms with Crippen LogP contribution in [-0.2, 0) is 33.3 Å². The van der Waals surface area contributed by atoms with E-state index < -0.39 is 86.6 Å². The van der Waals surface area contributed by atoms with Gasteiger partial charge in [-0.15, -0.1) is 0 Å². The number of aromatic hydroxyl groups is 2. The zero-order valence-corrected chi connectivity index (χ0v) is 23.6. The van der Waals surface area contributed by atoms with E-state index in [1.807, 2.05) is 0 Å². The lowest BCUT2D eigenvalue weighted by Gasteiger charge is -2.43. The second-order valence-corrected chi connectivity index (χ2v) is 10.3. The van der Waals surface area contributed by atoms with Gasteiger partial charge in [0.1, 0.15) is 74.0 Å². The van der Waals surface area contributed by atoms with Gasteiger partial charge in [-0.2, -0.15) is 0 Å². The molecule has 0 aromatic heterocycles. The Bertz CT molecular complexity index is 1340. The first-order valence-electron chi connectivity index (χ1n) is 13.7. The van der Waals surface area contributed by atoms with Crippen LogP contribution in [-0.4, -0.2) is 127 Å². The quantitative estimate of drug-likeness (QED) is 0.104. The first-order valence-corrected chi connectivity index (χ1v) is 13.7. The molecule has 0 bridgehead atoms. The first kappa shape index (κ1) is 34.0. The van der Waals surface area contributed by atoms with Crippen molar-refractivity contribution < 1.29 is 74.1 Å². The number of aliphatic hydroxyl groups is 6. The predicted octanol–water partition coefficient (Wildman–Crippen LogP) is -1.46. The molecular weight excluding hydrogens is 600 g/mol. The van der Waals surface area contributed by atoms with Crippen molar-refractivity contribution in [3.8, 4) is 11.5 Å². The van der Waals surface area contributed by atoms with Gasteiger partial charge in [0, 0.05) is 12.2 Å². The fourth-order valence-electron chi connectivity index (χ4n) is 4.53. The average Bonchev–Trinajstić information content (AvgIpc) is 3.27. The van der Waals surface area contributed by atoms with Gasteiger partial charge in [0.25, 0.3) is 0 Å². The summed E-state index contributed by atoms with van der Waals surface area (Å²) < 4.78 is 26.7. The van der Waals surface area contributed by atoms with E-state index >= 15 is 0 Å². The van der Waals surface area contributed by atoms with Crippen LogP contribution < -0.4 is 0 Å². The number of esters is 2. The lowest BCUT2D eigenvalue weighted by Crippen LogP contribution is -2.62. The number of benzene rings is 2. The summed E-state index contributed by atoms with van der Waals surface area (Å²) in [6.45, 7) is -2.30. The van der Waals surface area contributed by atoms with Crippen molar-refractivity contribution in [1.29, 1.82) is 0 Å². The van der Waals surface area contributed by atoms with Crippen molar-refractivity contribution in [3.63, 3.8) is 0 Å². The molecule has 2 fully saturated rings. The van der Waals surface area contributed by atoms with Crippen LogP contribution in [0, 0.1) is 0 Å². The van der Waals surface area contributed by atoms with Gasteiger partial charge in [-0.3, -0.25) is 0 Å². The Balaban J connectivity index is 1.35. The van der Waals surface area contributed by atoms with Crippen LogP contribution in [0.2, 0.25) is 0 Å². The van der Waals surface area contributed by atoms with Crippen molar-refractivity contribution in [2.75, 3.05) is 19.8 Å². The van der Waals surface area contributed by atoms with Gasteiger partial charge in [0.15, 0.2) is 6.29 Å². The highest BCUT2D eigenvalue weighted by atomic mass is 16.8. The van der Waals surface area contributed by atoms with Crippen molar-refractivity contribution in [1.82, 2.24) is 0 Å². The minimum absolute atomic E-state index is 0.0401. The maximum absolute atomic E-state index is 12.2. The molecule has 0 amide bonds. The number of ether oxygens (including phenoxy) is 5. The SMILES string of the molecule is O=C(C=Cc1ccc(O)cc1)OCC1OC(OC2(CO)OC(COC(=O)C=Cc3ccc(O)cc3)C(O)C2O)C(O)C(O)C1O. The van der Waals surface area contributed by atoms with Gasteiger partial charge in [0.2, 0.25) is 5.79 Å². The Morgan fingerprint density at radius 3 is 1.69 bits per heavy atom. The minimum Gasteiger partial charge on any atom is -0.508 e. The Morgan fingerprint density at radius 2 is 1.20 bits per heavy atom. The number of rotatable bonds is 11. The Morgan fingerprint density at radius 1 is 0.711 bits per heavy atom. The third-order valence-corrected chi connectivity index (χ3v) is 7.10. The fourth-order valence-corrected chi connectivity index (χ4v) is 4.53. The lowest BCUT2D eigenvalue weighted by molar-refractivity contribution is -0.383. The summed E-state index contributed by atoms with van der Waals surface area (Å²) in [5, 5.41) is 81.2. The molecule has 2 aromatic rings. The first-order chi connectivity index (χ1) is 21.4. The Labute approximate surface area is 256 Å². The summed E-state index contributed by atoms with van der Waals surface area (Å²) in [5.41, 5.74) is 1.16. The van der Waals surface area contributed by atoms with Gasteiger partial charge in [-0.1, -0.05) is 24.3 Å². The van der Waals surface area contributed by atoms with E-state index in [0.717, 1.165) is 12.2 Å². The summed E-state index contributed by atoms with van der Waals surface area (Å²) in [5.74, 6) is -4.04. The third kappa shape index (κ3) is 8.43. The lowest BCUT2D eigenvalue weighted by atomic mass is 9.99. The molecule has 244 valence electrons. The summed E-state index contributed by atoms with van der Waals surface area (Å²) >= 11 is 0. The van der Waals surface area contributed by atoms with E-state index in [1.54, 1.807) is 24.3 Å². The molecule has 45 heavy (non-hydrogen) atoms. The molecule has 0 saturated carbocycles. The van der Waals surface area contributed by atoms with Gasteiger partial charge >= 0.3 is 11.9 Å². The molecule has 2 heterocycles. The smallest absolute Gasteiger partial charge is 0.330 e. The predicted molar refractivity (Wildman–Crippen MR) is 151 cm³/mol. The number of carbonyl (C=O) groups excluding carboxylic acids is 2. The number of hydrogen-bond acceptors (Lipinski definition) is 15. The van der Waals surface area contributed by atoms with Crippen LogP contribution in [0.25, 0.3) is 12.2 Å². The van der Waals surface area contributed by atoms with Crippen molar-refractivity contribution in [2.24, 2.45) is 0 Å². The van der Waals surface area contributed by atoms with E-state index in [2.05, 4.69) is 0 Å². The van der Waals surface area contributed by atoms with E-state index in [4.69, 9.17) is 23.7 Å². The molecule has 9 unspecified atom stereocenters.